The minimum atomic E-state index is -0.585. The molecule has 5 N–H and O–H groups in total. The number of hydrogen-bond donors (Lipinski definition) is 3. The molecule has 0 radical (unpaired) electrons. The van der Waals surface area contributed by atoms with E-state index in [1.807, 2.05) is 32.9 Å². The van der Waals surface area contributed by atoms with Crippen LogP contribution in [0.15, 0.2) is 48.5 Å². The van der Waals surface area contributed by atoms with Crippen LogP contribution < -0.4 is 16.8 Å². The van der Waals surface area contributed by atoms with Crippen molar-refractivity contribution < 1.29 is 4.79 Å². The topological polar surface area (TPSA) is 123 Å². The maximum absolute atomic E-state index is 12.4. The van der Waals surface area contributed by atoms with E-state index in [1.54, 1.807) is 41.1 Å². The molecule has 0 atom stereocenters. The van der Waals surface area contributed by atoms with Crippen molar-refractivity contribution >= 4 is 23.1 Å². The average molecular weight is 374 g/mol. The highest BCUT2D eigenvalue weighted by Crippen LogP contribution is 2.34. The summed E-state index contributed by atoms with van der Waals surface area (Å²) in [5, 5.41) is 16.9. The van der Waals surface area contributed by atoms with Gasteiger partial charge in [0.05, 0.1) is 17.2 Å². The van der Waals surface area contributed by atoms with E-state index in [9.17, 15) is 4.79 Å². The summed E-state index contributed by atoms with van der Waals surface area (Å²) < 4.78 is 1.75. The van der Waals surface area contributed by atoms with Crippen molar-refractivity contribution in [1.29, 1.82) is 5.26 Å². The number of carbonyl (C=O) groups excluding carboxylic acids is 1. The Morgan fingerprint density at radius 3 is 2.21 bits per heavy atom. The van der Waals surface area contributed by atoms with Gasteiger partial charge in [0.25, 0.3) is 5.91 Å². The third-order valence-electron chi connectivity index (χ3n) is 4.23. The summed E-state index contributed by atoms with van der Waals surface area (Å²) in [7, 11) is 0. The maximum Gasteiger partial charge on any atom is 0.254 e. The molecule has 0 bridgehead atoms. The van der Waals surface area contributed by atoms with Crippen LogP contribution in [0.25, 0.3) is 11.3 Å². The lowest BCUT2D eigenvalue weighted by Gasteiger charge is -2.23. The first-order chi connectivity index (χ1) is 13.2. The van der Waals surface area contributed by atoms with Gasteiger partial charge in [0.15, 0.2) is 0 Å². The molecular weight excluding hydrogens is 352 g/mol. The van der Waals surface area contributed by atoms with Crippen molar-refractivity contribution in [3.63, 3.8) is 0 Å². The normalized spacial score (nSPS) is 11.1. The summed E-state index contributed by atoms with van der Waals surface area (Å²) in [6, 6.07) is 16.1. The smallest absolute Gasteiger partial charge is 0.254 e. The lowest BCUT2D eigenvalue weighted by Crippen LogP contribution is -2.25. The summed E-state index contributed by atoms with van der Waals surface area (Å²) in [5.74, 6) is -0.0880. The number of nitrogens with one attached hydrogen (secondary N) is 1. The van der Waals surface area contributed by atoms with E-state index in [0.29, 0.717) is 28.3 Å². The number of carbonyl (C=O) groups is 1. The van der Waals surface area contributed by atoms with Gasteiger partial charge in [0, 0.05) is 16.9 Å². The minimum Gasteiger partial charge on any atom is -0.399 e. The van der Waals surface area contributed by atoms with Crippen molar-refractivity contribution in [3.8, 4) is 17.3 Å². The maximum atomic E-state index is 12.4. The molecule has 7 heteroatoms. The summed E-state index contributed by atoms with van der Waals surface area (Å²) in [6.45, 7) is 5.96. The molecule has 0 fully saturated rings. The zero-order valence-corrected chi connectivity index (χ0v) is 16.0. The molecule has 1 aromatic heterocycles. The van der Waals surface area contributed by atoms with Gasteiger partial charge in [-0.15, -0.1) is 0 Å². The lowest BCUT2D eigenvalue weighted by molar-refractivity contribution is 0.100. The predicted octanol–water partition coefficient (Wildman–Crippen LogP) is 3.60. The van der Waals surface area contributed by atoms with Crippen LogP contribution >= 0.6 is 0 Å². The third kappa shape index (κ3) is 3.67. The molecular formula is C21H22N6O. The Kier molecular flexibility index (Phi) is 4.80. The Bertz CT molecular complexity index is 1050. The number of nitriles is 1. The largest absolute Gasteiger partial charge is 0.399 e. The second-order valence-corrected chi connectivity index (χ2v) is 7.46. The molecule has 1 amide bonds. The highest BCUT2D eigenvalue weighted by atomic mass is 16.1. The number of aromatic nitrogens is 2. The number of nitrogens with two attached hydrogens (primary N) is 2. The zero-order chi connectivity index (χ0) is 20.5. The Morgan fingerprint density at radius 1 is 1.11 bits per heavy atom. The van der Waals surface area contributed by atoms with Gasteiger partial charge in [-0.1, -0.05) is 12.1 Å². The first kappa shape index (κ1) is 19.0. The second-order valence-electron chi connectivity index (χ2n) is 7.46. The van der Waals surface area contributed by atoms with E-state index in [-0.39, 0.29) is 0 Å². The first-order valence-electron chi connectivity index (χ1n) is 8.77. The molecule has 0 aliphatic carbocycles. The predicted molar refractivity (Wildman–Crippen MR) is 110 cm³/mol. The van der Waals surface area contributed by atoms with Gasteiger partial charge in [-0.3, -0.25) is 4.79 Å². The Hall–Kier alpha value is -3.79. The van der Waals surface area contributed by atoms with Gasteiger partial charge >= 0.3 is 0 Å². The number of benzene rings is 2. The molecule has 2 aromatic carbocycles. The number of anilines is 3. The molecule has 0 aliphatic heterocycles. The monoisotopic (exact) mass is 374 g/mol. The van der Waals surface area contributed by atoms with Crippen molar-refractivity contribution in [1.82, 2.24) is 9.78 Å². The molecule has 0 saturated heterocycles. The molecule has 1 heterocycles. The van der Waals surface area contributed by atoms with Crippen LogP contribution in [0.3, 0.4) is 0 Å². The van der Waals surface area contributed by atoms with Crippen LogP contribution in [0, 0.1) is 11.3 Å². The second kappa shape index (κ2) is 7.08. The summed E-state index contributed by atoms with van der Waals surface area (Å²) >= 11 is 0. The molecule has 0 unspecified atom stereocenters. The lowest BCUT2D eigenvalue weighted by atomic mass is 10.1. The highest BCUT2D eigenvalue weighted by Gasteiger charge is 2.28. The number of nitrogen functional groups attached to an aromatic ring is 1. The van der Waals surface area contributed by atoms with E-state index in [0.717, 1.165) is 11.3 Å². The van der Waals surface area contributed by atoms with Crippen LogP contribution in [0.4, 0.5) is 17.2 Å². The highest BCUT2D eigenvalue weighted by molar-refractivity contribution is 6.04. The SMILES string of the molecule is CC(C)(C)n1nc(-c2ccc(N)cc2)c(C(N)=O)c1Nc1ccc(C#N)cc1. The fourth-order valence-electron chi connectivity index (χ4n) is 2.86. The first-order valence-corrected chi connectivity index (χ1v) is 8.77. The quantitative estimate of drug-likeness (QED) is 0.602. The van der Waals surface area contributed by atoms with Gasteiger partial charge in [-0.25, -0.2) is 4.68 Å². The molecule has 0 spiro atoms. The molecule has 142 valence electrons. The Morgan fingerprint density at radius 2 is 1.71 bits per heavy atom. The summed E-state index contributed by atoms with van der Waals surface area (Å²) in [5.41, 5.74) is 14.5. The Labute approximate surface area is 163 Å². The Balaban J connectivity index is 2.19. The van der Waals surface area contributed by atoms with Gasteiger partial charge < -0.3 is 16.8 Å². The minimum absolute atomic E-state index is 0.295. The van der Waals surface area contributed by atoms with Gasteiger partial charge in [0.1, 0.15) is 17.1 Å². The molecule has 7 nitrogen and oxygen atoms in total. The van der Waals surface area contributed by atoms with Crippen molar-refractivity contribution in [2.24, 2.45) is 5.73 Å². The van der Waals surface area contributed by atoms with Gasteiger partial charge in [-0.05, 0) is 57.2 Å². The van der Waals surface area contributed by atoms with Crippen molar-refractivity contribution in [2.75, 3.05) is 11.1 Å². The number of rotatable bonds is 4. The van der Waals surface area contributed by atoms with Gasteiger partial charge in [-0.2, -0.15) is 10.4 Å². The standard InChI is InChI=1S/C21H22N6O/c1-21(2,3)27-20(25-16-10-4-13(12-22)5-11-16)17(19(24)28)18(26-27)14-6-8-15(23)9-7-14/h4-11,25H,23H2,1-3H3,(H2,24,28). The number of nitrogens with zero attached hydrogens (tertiary/aromatic N) is 3. The van der Waals surface area contributed by atoms with Crippen LogP contribution in [-0.2, 0) is 5.54 Å². The third-order valence-corrected chi connectivity index (χ3v) is 4.23. The summed E-state index contributed by atoms with van der Waals surface area (Å²) in [4.78, 5) is 12.4. The van der Waals surface area contributed by atoms with E-state index in [4.69, 9.17) is 21.8 Å². The van der Waals surface area contributed by atoms with Gasteiger partial charge in [0.2, 0.25) is 0 Å². The fourth-order valence-corrected chi connectivity index (χ4v) is 2.86. The molecule has 3 rings (SSSR count). The van der Waals surface area contributed by atoms with Crippen LogP contribution in [0.5, 0.6) is 0 Å². The number of amides is 1. The molecule has 0 aliphatic rings. The molecule has 28 heavy (non-hydrogen) atoms. The van der Waals surface area contributed by atoms with E-state index in [1.165, 1.54) is 0 Å². The zero-order valence-electron chi connectivity index (χ0n) is 16.0. The van der Waals surface area contributed by atoms with E-state index < -0.39 is 11.4 Å². The molecule has 0 saturated carbocycles. The van der Waals surface area contributed by atoms with Crippen LogP contribution in [0.2, 0.25) is 0 Å². The van der Waals surface area contributed by atoms with Crippen molar-refractivity contribution in [3.05, 3.63) is 59.7 Å². The van der Waals surface area contributed by atoms with E-state index in [2.05, 4.69) is 11.4 Å². The fraction of sp³-hybridized carbons (Fsp3) is 0.190. The summed E-state index contributed by atoms with van der Waals surface area (Å²) in [6.07, 6.45) is 0. The number of primary amides is 1. The van der Waals surface area contributed by atoms with Crippen molar-refractivity contribution in [2.45, 2.75) is 26.3 Å². The average Bonchev–Trinajstić information content (AvgIpc) is 3.03. The molecule has 3 aromatic rings. The van der Waals surface area contributed by atoms with Crippen LogP contribution in [0.1, 0.15) is 36.7 Å². The van der Waals surface area contributed by atoms with E-state index >= 15 is 0 Å². The van der Waals surface area contributed by atoms with Crippen LogP contribution in [-0.4, -0.2) is 15.7 Å². The number of hydrogen-bond acceptors (Lipinski definition) is 5.